The van der Waals surface area contributed by atoms with Gasteiger partial charge in [-0.3, -0.25) is 4.98 Å². The van der Waals surface area contributed by atoms with Crippen LogP contribution in [0.3, 0.4) is 0 Å². The molecule has 0 radical (unpaired) electrons. The van der Waals surface area contributed by atoms with Crippen LogP contribution in [-0.4, -0.2) is 30.5 Å². The molecule has 7 heteroatoms. The van der Waals surface area contributed by atoms with E-state index in [4.69, 9.17) is 9.97 Å². The largest absolute Gasteiger partial charge is 0.364 e. The highest BCUT2D eigenvalue weighted by Crippen LogP contribution is 2.26. The first-order valence-corrected chi connectivity index (χ1v) is 11.9. The molecular weight excluding hydrogens is 410 g/mol. The van der Waals surface area contributed by atoms with Crippen molar-refractivity contribution >= 4 is 22.9 Å². The van der Waals surface area contributed by atoms with Crippen LogP contribution in [0.2, 0.25) is 0 Å². The average Bonchev–Trinajstić information content (AvgIpc) is 3.29. The molecule has 1 saturated carbocycles. The van der Waals surface area contributed by atoms with E-state index in [1.807, 2.05) is 18.6 Å². The Morgan fingerprint density at radius 2 is 1.82 bits per heavy atom. The van der Waals surface area contributed by atoms with Gasteiger partial charge < -0.3 is 15.2 Å². The van der Waals surface area contributed by atoms with Gasteiger partial charge in [0.15, 0.2) is 17.0 Å². The van der Waals surface area contributed by atoms with Crippen molar-refractivity contribution in [2.75, 3.05) is 10.6 Å². The number of hydrogen-bond acceptors (Lipinski definition) is 6. The summed E-state index contributed by atoms with van der Waals surface area (Å²) in [5.41, 5.74) is 5.13. The van der Waals surface area contributed by atoms with Crippen LogP contribution >= 0.6 is 0 Å². The van der Waals surface area contributed by atoms with Crippen LogP contribution in [0.5, 0.6) is 0 Å². The summed E-state index contributed by atoms with van der Waals surface area (Å²) in [6.45, 7) is 4.96. The third kappa shape index (κ3) is 4.82. The summed E-state index contributed by atoms with van der Waals surface area (Å²) in [6, 6.07) is 13.3. The zero-order valence-corrected chi connectivity index (χ0v) is 19.3. The number of benzene rings is 1. The van der Waals surface area contributed by atoms with Gasteiger partial charge in [-0.1, -0.05) is 49.6 Å². The minimum Gasteiger partial charge on any atom is -0.364 e. The third-order valence-corrected chi connectivity index (χ3v) is 6.32. The molecule has 1 fully saturated rings. The zero-order chi connectivity index (χ0) is 22.6. The first kappa shape index (κ1) is 21.4. The minimum atomic E-state index is 0.278. The molecule has 2 N–H and O–H groups in total. The maximum Gasteiger partial charge on any atom is 0.227 e. The van der Waals surface area contributed by atoms with Crippen molar-refractivity contribution in [3.63, 3.8) is 0 Å². The molecule has 0 aliphatic heterocycles. The number of anilines is 2. The zero-order valence-electron chi connectivity index (χ0n) is 19.3. The number of hydrogen-bond donors (Lipinski definition) is 2. The Kier molecular flexibility index (Phi) is 6.19. The molecular formula is C26H31N7. The van der Waals surface area contributed by atoms with E-state index in [2.05, 4.69) is 69.3 Å². The smallest absolute Gasteiger partial charge is 0.227 e. The maximum atomic E-state index is 4.84. The number of pyridine rings is 1. The number of rotatable bonds is 7. The van der Waals surface area contributed by atoms with Gasteiger partial charge in [0.25, 0.3) is 0 Å². The lowest BCUT2D eigenvalue weighted by Gasteiger charge is -2.23. The van der Waals surface area contributed by atoms with Gasteiger partial charge in [0.05, 0.1) is 6.33 Å². The van der Waals surface area contributed by atoms with Gasteiger partial charge in [0.1, 0.15) is 0 Å². The topological polar surface area (TPSA) is 80.5 Å². The van der Waals surface area contributed by atoms with Crippen LogP contribution in [0.4, 0.5) is 11.8 Å². The van der Waals surface area contributed by atoms with E-state index in [1.165, 1.54) is 37.7 Å². The quantitative estimate of drug-likeness (QED) is 0.376. The summed E-state index contributed by atoms with van der Waals surface area (Å²) >= 11 is 0. The van der Waals surface area contributed by atoms with Crippen molar-refractivity contribution in [1.29, 1.82) is 0 Å². The van der Waals surface area contributed by atoms with Crippen LogP contribution < -0.4 is 10.6 Å². The summed E-state index contributed by atoms with van der Waals surface area (Å²) in [6.07, 6.45) is 11.8. The van der Waals surface area contributed by atoms with Gasteiger partial charge in [0.2, 0.25) is 5.95 Å². The summed E-state index contributed by atoms with van der Waals surface area (Å²) in [5.74, 6) is 1.46. The lowest BCUT2D eigenvalue weighted by Crippen LogP contribution is -2.24. The Labute approximate surface area is 194 Å². The van der Waals surface area contributed by atoms with Crippen LogP contribution in [-0.2, 0) is 6.54 Å². The molecule has 0 amide bonds. The average molecular weight is 442 g/mol. The van der Waals surface area contributed by atoms with Crippen molar-refractivity contribution in [1.82, 2.24) is 24.5 Å². The summed E-state index contributed by atoms with van der Waals surface area (Å²) in [7, 11) is 0. The van der Waals surface area contributed by atoms with E-state index in [0.717, 1.165) is 28.1 Å². The molecule has 0 bridgehead atoms. The minimum absolute atomic E-state index is 0.278. The van der Waals surface area contributed by atoms with Crippen molar-refractivity contribution in [2.45, 2.75) is 64.6 Å². The van der Waals surface area contributed by atoms with Crippen molar-refractivity contribution in [2.24, 2.45) is 0 Å². The molecule has 0 spiro atoms. The Balaban J connectivity index is 1.38. The summed E-state index contributed by atoms with van der Waals surface area (Å²) in [4.78, 5) is 18.5. The molecule has 33 heavy (non-hydrogen) atoms. The van der Waals surface area contributed by atoms with E-state index in [1.54, 1.807) is 6.20 Å². The molecule has 3 aromatic heterocycles. The van der Waals surface area contributed by atoms with Crippen LogP contribution in [0.25, 0.3) is 22.3 Å². The molecule has 1 aromatic carbocycles. The molecule has 170 valence electrons. The molecule has 0 saturated heterocycles. The maximum absolute atomic E-state index is 4.84. The summed E-state index contributed by atoms with van der Waals surface area (Å²) < 4.78 is 2.11. The van der Waals surface area contributed by atoms with Gasteiger partial charge in [0, 0.05) is 31.0 Å². The number of fused-ring (bicyclic) bond motifs is 1. The van der Waals surface area contributed by atoms with Gasteiger partial charge in [-0.25, -0.2) is 4.98 Å². The fourth-order valence-corrected chi connectivity index (χ4v) is 4.45. The molecule has 7 nitrogen and oxygen atoms in total. The van der Waals surface area contributed by atoms with Crippen LogP contribution in [0.15, 0.2) is 55.1 Å². The van der Waals surface area contributed by atoms with Gasteiger partial charge in [-0.05, 0) is 49.4 Å². The van der Waals surface area contributed by atoms with E-state index in [0.29, 0.717) is 18.5 Å². The Morgan fingerprint density at radius 1 is 1.00 bits per heavy atom. The molecule has 4 aromatic rings. The SMILES string of the molecule is CC(C)n1cnc2c(NCc3ccc(-c4cccnc4)cc3)nc(NC3CCCCC3)nc21. The van der Waals surface area contributed by atoms with Gasteiger partial charge >= 0.3 is 0 Å². The fourth-order valence-electron chi connectivity index (χ4n) is 4.45. The van der Waals surface area contributed by atoms with E-state index < -0.39 is 0 Å². The van der Waals surface area contributed by atoms with Crippen molar-refractivity contribution in [3.05, 3.63) is 60.7 Å². The number of imidazole rings is 1. The highest BCUT2D eigenvalue weighted by Gasteiger charge is 2.18. The van der Waals surface area contributed by atoms with E-state index in [-0.39, 0.29) is 6.04 Å². The van der Waals surface area contributed by atoms with E-state index in [9.17, 15) is 0 Å². The Bertz CT molecular complexity index is 1190. The predicted molar refractivity (Wildman–Crippen MR) is 133 cm³/mol. The van der Waals surface area contributed by atoms with E-state index >= 15 is 0 Å². The third-order valence-electron chi connectivity index (χ3n) is 6.32. The fraction of sp³-hybridized carbons (Fsp3) is 0.385. The molecule has 0 atom stereocenters. The number of nitrogens with zero attached hydrogens (tertiary/aromatic N) is 5. The van der Waals surface area contributed by atoms with Gasteiger partial charge in [-0.2, -0.15) is 9.97 Å². The second-order valence-corrected chi connectivity index (χ2v) is 9.09. The number of nitrogens with one attached hydrogen (secondary N) is 2. The standard InChI is InChI=1S/C26H31N7/c1-18(2)33-17-29-23-24(31-26(32-25(23)33)30-22-8-4-3-5-9-22)28-15-19-10-12-20(13-11-19)21-7-6-14-27-16-21/h6-7,10-14,16-18,22H,3-5,8-9,15H2,1-2H3,(H2,28,30,31,32). The predicted octanol–water partition coefficient (Wildman–Crippen LogP) is 5.83. The summed E-state index contributed by atoms with van der Waals surface area (Å²) in [5, 5.41) is 7.10. The lowest BCUT2D eigenvalue weighted by atomic mass is 9.96. The Hall–Kier alpha value is -3.48. The normalized spacial score (nSPS) is 14.6. The highest BCUT2D eigenvalue weighted by atomic mass is 15.2. The lowest BCUT2D eigenvalue weighted by molar-refractivity contribution is 0.461. The molecule has 0 unspecified atom stereocenters. The molecule has 5 rings (SSSR count). The molecule has 1 aliphatic carbocycles. The van der Waals surface area contributed by atoms with Crippen molar-refractivity contribution < 1.29 is 0 Å². The second kappa shape index (κ2) is 9.57. The Morgan fingerprint density at radius 3 is 2.55 bits per heavy atom. The van der Waals surface area contributed by atoms with Crippen molar-refractivity contribution in [3.8, 4) is 11.1 Å². The van der Waals surface area contributed by atoms with Gasteiger partial charge in [-0.15, -0.1) is 0 Å². The first-order chi connectivity index (χ1) is 16.2. The second-order valence-electron chi connectivity index (χ2n) is 9.09. The number of aromatic nitrogens is 5. The van der Waals surface area contributed by atoms with Crippen LogP contribution in [0, 0.1) is 0 Å². The first-order valence-electron chi connectivity index (χ1n) is 11.9. The highest BCUT2D eigenvalue weighted by molar-refractivity contribution is 5.84. The molecule has 1 aliphatic rings. The van der Waals surface area contributed by atoms with Crippen LogP contribution in [0.1, 0.15) is 57.6 Å². The molecule has 3 heterocycles. The monoisotopic (exact) mass is 441 g/mol.